The third-order valence-electron chi connectivity index (χ3n) is 4.01. The maximum atomic E-state index is 13.2. The molecule has 0 aromatic rings. The van der Waals surface area contributed by atoms with Gasteiger partial charge in [0.1, 0.15) is 5.66 Å². The first-order chi connectivity index (χ1) is 12.5. The summed E-state index contributed by atoms with van der Waals surface area (Å²) in [6, 6.07) is 0. The molecule has 0 bridgehead atoms. The Labute approximate surface area is 169 Å². The quantitative estimate of drug-likeness (QED) is 0.370. The monoisotopic (exact) mass is 442 g/mol. The van der Waals surface area contributed by atoms with Gasteiger partial charge in [-0.2, -0.15) is 0 Å². The Morgan fingerprint density at radius 2 is 1.56 bits per heavy atom. The average Bonchev–Trinajstić information content (AvgIpc) is 2.57. The molecule has 27 heavy (non-hydrogen) atoms. The lowest BCUT2D eigenvalue weighted by Crippen LogP contribution is -2.41. The number of hydrogen-bond acceptors (Lipinski definition) is 7. The van der Waals surface area contributed by atoms with E-state index in [1.54, 1.807) is 13.8 Å². The molecule has 1 heterocycles. The zero-order valence-corrected chi connectivity index (χ0v) is 18.7. The lowest BCUT2D eigenvalue weighted by Gasteiger charge is -2.42. The number of methoxy groups -OCH3 is 2. The van der Waals surface area contributed by atoms with Gasteiger partial charge in [0, 0.05) is 5.41 Å². The Hall–Kier alpha value is -0.850. The van der Waals surface area contributed by atoms with Gasteiger partial charge in [-0.3, -0.25) is 4.57 Å². The highest BCUT2D eigenvalue weighted by Gasteiger charge is 2.57. The van der Waals surface area contributed by atoms with Gasteiger partial charge >= 0.3 is 19.5 Å². The van der Waals surface area contributed by atoms with Crippen LogP contribution in [0.15, 0.2) is 22.3 Å². The van der Waals surface area contributed by atoms with Gasteiger partial charge in [-0.25, -0.2) is 9.59 Å². The molecular weight excluding hydrogens is 418 g/mol. The third kappa shape index (κ3) is 5.15. The van der Waals surface area contributed by atoms with E-state index in [1.165, 1.54) is 14.2 Å². The standard InChI is InChI=1S/C16H23O7P.CH2Cl2/c1-9(2)10-11(14(17)20-5)12(15(18)21-6)13(10)24(19)22-7-16(3,4)8-23-24;2-1-3/h13H,7-8H2,1-6H3;1H2/t13-;/m1./s1. The summed E-state index contributed by atoms with van der Waals surface area (Å²) in [4.78, 5) is 24.3. The smallest absolute Gasteiger partial charge is 0.342 e. The Bertz CT molecular complexity index is 694. The van der Waals surface area contributed by atoms with Crippen LogP contribution in [0.1, 0.15) is 27.7 Å². The van der Waals surface area contributed by atoms with Gasteiger partial charge in [0.2, 0.25) is 0 Å². The van der Waals surface area contributed by atoms with Gasteiger partial charge < -0.3 is 18.5 Å². The van der Waals surface area contributed by atoms with Crippen LogP contribution in [-0.4, -0.2) is 50.4 Å². The fraction of sp³-hybridized carbons (Fsp3) is 0.647. The molecular formula is C17H25Cl2O7P. The molecule has 0 unspecified atom stereocenters. The number of ether oxygens (including phenoxy) is 2. The predicted octanol–water partition coefficient (Wildman–Crippen LogP) is 4.04. The number of carbonyl (C=O) groups excluding carboxylic acids is 2. The minimum Gasteiger partial charge on any atom is -0.466 e. The normalized spacial score (nSPS) is 22.8. The van der Waals surface area contributed by atoms with Gasteiger partial charge in [-0.05, 0) is 19.4 Å². The molecule has 0 amide bonds. The molecule has 2 aliphatic rings. The van der Waals surface area contributed by atoms with Crippen LogP contribution in [0.4, 0.5) is 0 Å². The first kappa shape index (κ1) is 24.2. The topological polar surface area (TPSA) is 88.1 Å². The number of halogens is 2. The first-order valence-electron chi connectivity index (χ1n) is 8.09. The van der Waals surface area contributed by atoms with Crippen molar-refractivity contribution in [1.29, 1.82) is 0 Å². The van der Waals surface area contributed by atoms with Crippen molar-refractivity contribution in [3.05, 3.63) is 22.3 Å². The highest BCUT2D eigenvalue weighted by Crippen LogP contribution is 2.66. The number of rotatable bonds is 3. The lowest BCUT2D eigenvalue weighted by molar-refractivity contribution is -0.139. The van der Waals surface area contributed by atoms with Crippen LogP contribution in [0.25, 0.3) is 0 Å². The largest absolute Gasteiger partial charge is 0.466 e. The molecule has 0 aromatic carbocycles. The van der Waals surface area contributed by atoms with Crippen molar-refractivity contribution < 1.29 is 32.7 Å². The number of alkyl halides is 2. The minimum absolute atomic E-state index is 0.0106. The maximum absolute atomic E-state index is 13.2. The summed E-state index contributed by atoms with van der Waals surface area (Å²) in [6.07, 6.45) is 0. The van der Waals surface area contributed by atoms with Crippen molar-refractivity contribution >= 4 is 42.7 Å². The van der Waals surface area contributed by atoms with Crippen LogP contribution >= 0.6 is 30.8 Å². The summed E-state index contributed by atoms with van der Waals surface area (Å²) < 4.78 is 33.9. The Kier molecular flexibility index (Phi) is 8.57. The summed E-state index contributed by atoms with van der Waals surface area (Å²) in [5, 5.41) is 0.194. The highest BCUT2D eigenvalue weighted by molar-refractivity contribution is 7.55. The highest BCUT2D eigenvalue weighted by atomic mass is 35.5. The summed E-state index contributed by atoms with van der Waals surface area (Å²) in [6.45, 7) is 7.85. The molecule has 154 valence electrons. The van der Waals surface area contributed by atoms with E-state index in [0.29, 0.717) is 5.57 Å². The van der Waals surface area contributed by atoms with Crippen LogP contribution in [-0.2, 0) is 32.7 Å². The lowest BCUT2D eigenvalue weighted by atomic mass is 9.79. The van der Waals surface area contributed by atoms with Crippen molar-refractivity contribution in [3.8, 4) is 0 Å². The van der Waals surface area contributed by atoms with Crippen molar-refractivity contribution in [2.45, 2.75) is 33.4 Å². The molecule has 0 saturated carbocycles. The molecule has 2 rings (SSSR count). The summed E-state index contributed by atoms with van der Waals surface area (Å²) in [5.41, 5.74) is 0.0688. The van der Waals surface area contributed by atoms with Crippen LogP contribution in [0.2, 0.25) is 0 Å². The summed E-state index contributed by atoms with van der Waals surface area (Å²) in [5.74, 6) is -1.41. The second kappa shape index (κ2) is 9.57. The maximum Gasteiger partial charge on any atom is 0.342 e. The summed E-state index contributed by atoms with van der Waals surface area (Å²) >= 11 is 9.53. The van der Waals surface area contributed by atoms with E-state index in [9.17, 15) is 14.2 Å². The molecule has 0 spiro atoms. The number of carbonyl (C=O) groups is 2. The molecule has 0 N–H and O–H groups in total. The zero-order chi connectivity index (χ0) is 21.0. The Morgan fingerprint density at radius 1 is 1.11 bits per heavy atom. The van der Waals surface area contributed by atoms with Crippen LogP contribution in [0.5, 0.6) is 0 Å². The molecule has 1 aliphatic heterocycles. The molecule has 1 atom stereocenters. The van der Waals surface area contributed by atoms with E-state index in [1.807, 2.05) is 13.8 Å². The van der Waals surface area contributed by atoms with Crippen LogP contribution < -0.4 is 0 Å². The second-order valence-corrected chi connectivity index (χ2v) is 9.86. The van der Waals surface area contributed by atoms with E-state index in [4.69, 9.17) is 41.7 Å². The van der Waals surface area contributed by atoms with Crippen LogP contribution in [0, 0.1) is 5.41 Å². The van der Waals surface area contributed by atoms with E-state index < -0.39 is 25.2 Å². The Balaban J connectivity index is 0.00000114. The molecule has 7 nitrogen and oxygen atoms in total. The van der Waals surface area contributed by atoms with Crippen LogP contribution in [0.3, 0.4) is 0 Å². The Morgan fingerprint density at radius 3 is 1.93 bits per heavy atom. The average molecular weight is 443 g/mol. The number of allylic oxidation sites excluding steroid dienone is 1. The second-order valence-electron chi connectivity index (χ2n) is 6.94. The molecule has 1 aliphatic carbocycles. The van der Waals surface area contributed by atoms with E-state index in [0.717, 1.165) is 5.57 Å². The fourth-order valence-corrected chi connectivity index (χ4v) is 5.41. The molecule has 1 fully saturated rings. The van der Waals surface area contributed by atoms with E-state index in [2.05, 4.69) is 0 Å². The molecule has 0 aromatic heterocycles. The van der Waals surface area contributed by atoms with Crippen molar-refractivity contribution in [2.24, 2.45) is 5.41 Å². The van der Waals surface area contributed by atoms with Crippen molar-refractivity contribution in [3.63, 3.8) is 0 Å². The van der Waals surface area contributed by atoms with Gasteiger partial charge in [0.05, 0.1) is 43.9 Å². The minimum atomic E-state index is -3.64. The van der Waals surface area contributed by atoms with Crippen molar-refractivity contribution in [2.75, 3.05) is 32.8 Å². The van der Waals surface area contributed by atoms with Gasteiger partial charge in [0.25, 0.3) is 0 Å². The SMILES string of the molecule is COC(=O)C1=C(C(=O)OC)[C@H](P2(=O)OCC(C)(C)CO2)C1=C(C)C.ClCCl. The zero-order valence-electron chi connectivity index (χ0n) is 16.3. The van der Waals surface area contributed by atoms with Gasteiger partial charge in [-0.15, -0.1) is 23.2 Å². The molecule has 10 heteroatoms. The fourth-order valence-electron chi connectivity index (χ4n) is 2.73. The summed E-state index contributed by atoms with van der Waals surface area (Å²) in [7, 11) is -1.22. The number of hydrogen-bond donors (Lipinski definition) is 0. The first-order valence-corrected chi connectivity index (χ1v) is 10.8. The van der Waals surface area contributed by atoms with Gasteiger partial charge in [-0.1, -0.05) is 19.4 Å². The van der Waals surface area contributed by atoms with E-state index >= 15 is 0 Å². The van der Waals surface area contributed by atoms with E-state index in [-0.39, 0.29) is 35.1 Å². The molecule has 1 saturated heterocycles. The van der Waals surface area contributed by atoms with Gasteiger partial charge in [0.15, 0.2) is 0 Å². The molecule has 0 radical (unpaired) electrons. The number of esters is 2. The predicted molar refractivity (Wildman–Crippen MR) is 103 cm³/mol. The third-order valence-corrected chi connectivity index (χ3v) is 6.13. The van der Waals surface area contributed by atoms with Crippen molar-refractivity contribution in [1.82, 2.24) is 0 Å².